The van der Waals surface area contributed by atoms with Crippen LogP contribution in [0.3, 0.4) is 0 Å². The van der Waals surface area contributed by atoms with Crippen molar-refractivity contribution in [2.45, 2.75) is 67.2 Å². The molecule has 22 heavy (non-hydrogen) atoms. The number of hydrogen-bond acceptors (Lipinski definition) is 2. The molecule has 124 valence electrons. The first kappa shape index (κ1) is 18.6. The zero-order valence-electron chi connectivity index (χ0n) is 12.0. The summed E-state index contributed by atoms with van der Waals surface area (Å²) in [4.78, 5) is 24.5. The lowest BCUT2D eigenvalue weighted by molar-refractivity contribution is -0.215. The predicted molar refractivity (Wildman–Crippen MR) is 84.6 cm³/mol. The number of carbonyl (C=O) groups excluding carboxylic acids is 1. The Labute approximate surface area is 132 Å². The molecule has 0 atom stereocenters. The van der Waals surface area contributed by atoms with E-state index < -0.39 is 5.97 Å². The van der Waals surface area contributed by atoms with E-state index in [1.165, 1.54) is 0 Å². The largest absolute Gasteiger partial charge is 0.481 e. The molecule has 0 aromatic rings. The second-order valence-corrected chi connectivity index (χ2v) is 8.16. The molecule has 0 aliphatic heterocycles. The minimum atomic E-state index is -0.578. The molecule has 4 bridgehead atoms. The minimum Gasteiger partial charge on any atom is -0.481 e. The SMILES string of the molecule is C.C.CC12CC(C(=O)C=[N+]=[N-])(C1)C2.CC12CC(C(=O)O)(C1)C2. The average Bonchev–Trinajstić information content (AvgIpc) is 2.18. The summed E-state index contributed by atoms with van der Waals surface area (Å²) in [5.74, 6) is -0.574. The summed E-state index contributed by atoms with van der Waals surface area (Å²) in [5.41, 5.74) is 8.66. The zero-order valence-corrected chi connectivity index (χ0v) is 12.0. The summed E-state index contributed by atoms with van der Waals surface area (Å²) in [5, 5.41) is 8.64. The number of hydrogen-bond donors (Lipinski definition) is 1. The molecule has 6 rings (SSSR count). The summed E-state index contributed by atoms with van der Waals surface area (Å²) in [6, 6.07) is 0. The molecule has 1 N–H and O–H groups in total. The van der Waals surface area contributed by atoms with Crippen LogP contribution in [0.4, 0.5) is 0 Å². The third-order valence-electron chi connectivity index (χ3n) is 5.74. The highest BCUT2D eigenvalue weighted by molar-refractivity contribution is 6.28. The van der Waals surface area contributed by atoms with Gasteiger partial charge in [-0.2, -0.15) is 4.79 Å². The molecule has 5 nitrogen and oxygen atoms in total. The van der Waals surface area contributed by atoms with Gasteiger partial charge in [0.1, 0.15) is 0 Å². The lowest BCUT2D eigenvalue weighted by Gasteiger charge is -2.67. The van der Waals surface area contributed by atoms with Gasteiger partial charge in [0.2, 0.25) is 5.78 Å². The van der Waals surface area contributed by atoms with Gasteiger partial charge in [0, 0.05) is 5.41 Å². The van der Waals surface area contributed by atoms with Gasteiger partial charge in [0.25, 0.3) is 0 Å². The van der Waals surface area contributed by atoms with Gasteiger partial charge in [-0.1, -0.05) is 28.7 Å². The molecule has 6 saturated carbocycles. The molecule has 0 heterocycles. The number of aliphatic carboxylic acids is 1. The highest BCUT2D eigenvalue weighted by Gasteiger charge is 2.69. The van der Waals surface area contributed by atoms with E-state index in [9.17, 15) is 9.59 Å². The van der Waals surface area contributed by atoms with E-state index in [1.54, 1.807) is 0 Å². The molecule has 6 aliphatic rings. The van der Waals surface area contributed by atoms with Crippen molar-refractivity contribution in [2.24, 2.45) is 21.7 Å². The van der Waals surface area contributed by atoms with Crippen molar-refractivity contribution in [3.05, 3.63) is 5.53 Å². The molecule has 6 aliphatic carbocycles. The van der Waals surface area contributed by atoms with Crippen molar-refractivity contribution in [1.82, 2.24) is 0 Å². The molecule has 0 radical (unpaired) electrons. The van der Waals surface area contributed by atoms with E-state index in [2.05, 4.69) is 18.6 Å². The molecule has 0 aromatic carbocycles. The quantitative estimate of drug-likeness (QED) is 0.491. The van der Waals surface area contributed by atoms with Gasteiger partial charge in [-0.05, 0) is 49.4 Å². The van der Waals surface area contributed by atoms with Crippen LogP contribution >= 0.6 is 0 Å². The second-order valence-electron chi connectivity index (χ2n) is 8.16. The van der Waals surface area contributed by atoms with Gasteiger partial charge in [-0.25, -0.2) is 0 Å². The standard InChI is InChI=1S/C8H10N2O.C7H10O2.2CH4/c1-7-3-8(4-7,5-7)6(11)2-10-9;1-6-2-7(3-6,4-6)5(8)9;;/h2H,3-5H2,1H3;2-4H2,1H3,(H,8,9);2*1H4. The number of carbonyl (C=O) groups is 2. The van der Waals surface area contributed by atoms with Crippen molar-refractivity contribution in [3.63, 3.8) is 0 Å². The Balaban J connectivity index is 0.000000205. The number of carboxylic acids is 1. The van der Waals surface area contributed by atoms with Crippen LogP contribution in [0.1, 0.15) is 67.2 Å². The summed E-state index contributed by atoms with van der Waals surface area (Å²) in [7, 11) is 0. The van der Waals surface area contributed by atoms with Crippen molar-refractivity contribution in [2.75, 3.05) is 0 Å². The van der Waals surface area contributed by atoms with E-state index in [1.807, 2.05) is 0 Å². The number of Topliss-reactive ketones (excluding diaryl/α,β-unsaturated/α-hetero) is 1. The van der Waals surface area contributed by atoms with Crippen LogP contribution in [0.25, 0.3) is 5.53 Å². The highest BCUT2D eigenvalue weighted by Crippen LogP contribution is 2.73. The lowest BCUT2D eigenvalue weighted by atomic mass is 9.35. The Morgan fingerprint density at radius 1 is 0.955 bits per heavy atom. The maximum absolute atomic E-state index is 11.2. The van der Waals surface area contributed by atoms with Crippen LogP contribution in [-0.4, -0.2) is 27.9 Å². The molecule has 0 unspecified atom stereocenters. The van der Waals surface area contributed by atoms with Crippen molar-refractivity contribution in [3.8, 4) is 0 Å². The Morgan fingerprint density at radius 2 is 1.32 bits per heavy atom. The molecule has 0 spiro atoms. The fourth-order valence-corrected chi connectivity index (χ4v) is 5.27. The van der Waals surface area contributed by atoms with Crippen LogP contribution < -0.4 is 0 Å². The maximum Gasteiger partial charge on any atom is 0.323 e. The molecule has 0 amide bonds. The molecule has 0 aromatic heterocycles. The Hall–Kier alpha value is -1.48. The number of ketones is 1. The Bertz CT molecular complexity index is 521. The lowest BCUT2D eigenvalue weighted by Crippen LogP contribution is -2.64. The third-order valence-corrected chi connectivity index (χ3v) is 5.74. The fraction of sp³-hybridized carbons (Fsp3) is 0.824. The molecule has 5 heteroatoms. The summed E-state index contributed by atoms with van der Waals surface area (Å²) in [6.07, 6.45) is 6.79. The molecule has 6 fully saturated rings. The third kappa shape index (κ3) is 2.32. The molecule has 0 saturated heterocycles. The van der Waals surface area contributed by atoms with Gasteiger partial charge in [0.15, 0.2) is 0 Å². The maximum atomic E-state index is 11.2. The second kappa shape index (κ2) is 5.02. The van der Waals surface area contributed by atoms with Crippen LogP contribution in [0.2, 0.25) is 0 Å². The Morgan fingerprint density at radius 3 is 1.55 bits per heavy atom. The summed E-state index contributed by atoms with van der Waals surface area (Å²) >= 11 is 0. The van der Waals surface area contributed by atoms with Gasteiger partial charge < -0.3 is 10.6 Å². The number of rotatable bonds is 3. The van der Waals surface area contributed by atoms with Gasteiger partial charge in [-0.3, -0.25) is 9.59 Å². The number of carboxylic acid groups (broad SMARTS) is 1. The van der Waals surface area contributed by atoms with E-state index in [-0.39, 0.29) is 31.5 Å². The Kier molecular flexibility index (Phi) is 4.24. The normalized spacial score (nSPS) is 44.3. The van der Waals surface area contributed by atoms with E-state index in [0.717, 1.165) is 44.7 Å². The molecular weight excluding hydrogens is 280 g/mol. The van der Waals surface area contributed by atoms with Crippen molar-refractivity contribution >= 4 is 18.0 Å². The van der Waals surface area contributed by atoms with Crippen LogP contribution in [0.5, 0.6) is 0 Å². The fourth-order valence-electron chi connectivity index (χ4n) is 5.27. The monoisotopic (exact) mass is 308 g/mol. The first-order chi connectivity index (χ1) is 9.17. The zero-order chi connectivity index (χ0) is 14.8. The van der Waals surface area contributed by atoms with Crippen LogP contribution in [-0.2, 0) is 9.59 Å². The topological polar surface area (TPSA) is 90.8 Å². The molecular formula is C17H28N2O3. The van der Waals surface area contributed by atoms with E-state index in [4.69, 9.17) is 10.6 Å². The summed E-state index contributed by atoms with van der Waals surface area (Å²) in [6.45, 7) is 4.36. The van der Waals surface area contributed by atoms with Crippen molar-refractivity contribution in [1.29, 1.82) is 0 Å². The summed E-state index contributed by atoms with van der Waals surface area (Å²) < 4.78 is 0. The van der Waals surface area contributed by atoms with Crippen LogP contribution in [0.15, 0.2) is 0 Å². The van der Waals surface area contributed by atoms with Crippen molar-refractivity contribution < 1.29 is 19.5 Å². The minimum absolute atomic E-state index is 0. The predicted octanol–water partition coefficient (Wildman–Crippen LogP) is 3.58. The number of nitrogens with zero attached hydrogens (tertiary/aromatic N) is 2. The first-order valence-corrected chi connectivity index (χ1v) is 7.12. The first-order valence-electron chi connectivity index (χ1n) is 7.12. The van der Waals surface area contributed by atoms with E-state index in [0.29, 0.717) is 10.8 Å². The van der Waals surface area contributed by atoms with Gasteiger partial charge >= 0.3 is 12.2 Å². The average molecular weight is 308 g/mol. The van der Waals surface area contributed by atoms with Gasteiger partial charge in [-0.15, -0.1) is 0 Å². The van der Waals surface area contributed by atoms with Crippen LogP contribution in [0, 0.1) is 21.7 Å². The smallest absolute Gasteiger partial charge is 0.323 e. The van der Waals surface area contributed by atoms with E-state index >= 15 is 0 Å². The van der Waals surface area contributed by atoms with Gasteiger partial charge in [0.05, 0.1) is 5.41 Å². The highest BCUT2D eigenvalue weighted by atomic mass is 16.4.